The molecule has 1 rings (SSSR count). The topological polar surface area (TPSA) is 64.1 Å². The Morgan fingerprint density at radius 1 is 1.09 bits per heavy atom. The predicted octanol–water partition coefficient (Wildman–Crippen LogP) is 1.46. The normalized spacial score (nSPS) is 11.3. The van der Waals surface area contributed by atoms with E-state index in [9.17, 15) is 0 Å². The van der Waals surface area contributed by atoms with E-state index in [-0.39, 0.29) is 0 Å². The standard InChI is InChI=1S/C17H29N3O3/c1-4-18-17(20-11-12-23-14-13-21-2)19-10-9-15-7-5-6-8-16(15)22-3/h5-8H,4,9-14H2,1-3H3,(H2,18,19,20). The molecule has 6 nitrogen and oxygen atoms in total. The molecule has 0 aliphatic rings. The molecule has 1 aromatic carbocycles. The molecule has 0 radical (unpaired) electrons. The Hall–Kier alpha value is -1.79. The molecule has 0 bridgehead atoms. The smallest absolute Gasteiger partial charge is 0.191 e. The molecule has 0 aliphatic carbocycles. The van der Waals surface area contributed by atoms with Gasteiger partial charge < -0.3 is 24.8 Å². The van der Waals surface area contributed by atoms with Crippen LogP contribution in [0, 0.1) is 0 Å². The first-order valence-electron chi connectivity index (χ1n) is 8.02. The second-order valence-electron chi connectivity index (χ2n) is 4.85. The first-order valence-corrected chi connectivity index (χ1v) is 8.02. The molecular formula is C17H29N3O3. The molecule has 0 heterocycles. The van der Waals surface area contributed by atoms with Gasteiger partial charge in [-0.15, -0.1) is 0 Å². The molecule has 6 heteroatoms. The Morgan fingerprint density at radius 3 is 2.65 bits per heavy atom. The molecule has 0 saturated carbocycles. The highest BCUT2D eigenvalue weighted by Crippen LogP contribution is 2.17. The summed E-state index contributed by atoms with van der Waals surface area (Å²) >= 11 is 0. The van der Waals surface area contributed by atoms with Gasteiger partial charge in [-0.05, 0) is 25.0 Å². The van der Waals surface area contributed by atoms with E-state index in [1.54, 1.807) is 14.2 Å². The van der Waals surface area contributed by atoms with Crippen LogP contribution in [0.15, 0.2) is 29.3 Å². The summed E-state index contributed by atoms with van der Waals surface area (Å²) in [5.41, 5.74) is 1.18. The third-order valence-corrected chi connectivity index (χ3v) is 3.16. The summed E-state index contributed by atoms with van der Waals surface area (Å²) in [6.07, 6.45) is 0.874. The number of aliphatic imine (C=N–C) groups is 1. The van der Waals surface area contributed by atoms with Gasteiger partial charge in [0.05, 0.1) is 33.5 Å². The fraction of sp³-hybridized carbons (Fsp3) is 0.588. The molecule has 0 aliphatic heterocycles. The SMILES string of the molecule is CCNC(=NCCOCCOC)NCCc1ccccc1OC. The van der Waals surface area contributed by atoms with Crippen molar-refractivity contribution in [1.29, 1.82) is 0 Å². The lowest BCUT2D eigenvalue weighted by Crippen LogP contribution is -2.38. The first kappa shape index (κ1) is 19.3. The largest absolute Gasteiger partial charge is 0.496 e. The highest BCUT2D eigenvalue weighted by atomic mass is 16.5. The number of ether oxygens (including phenoxy) is 3. The van der Waals surface area contributed by atoms with E-state index in [0.29, 0.717) is 26.4 Å². The number of hydrogen-bond acceptors (Lipinski definition) is 4. The second kappa shape index (κ2) is 12.7. The molecule has 2 N–H and O–H groups in total. The van der Waals surface area contributed by atoms with E-state index in [4.69, 9.17) is 14.2 Å². The molecule has 0 aromatic heterocycles. The zero-order chi connectivity index (χ0) is 16.8. The highest BCUT2D eigenvalue weighted by Gasteiger charge is 2.02. The third-order valence-electron chi connectivity index (χ3n) is 3.16. The number of hydrogen-bond donors (Lipinski definition) is 2. The predicted molar refractivity (Wildman–Crippen MR) is 93.4 cm³/mol. The molecular weight excluding hydrogens is 294 g/mol. The molecule has 1 aromatic rings. The first-order chi connectivity index (χ1) is 11.3. The fourth-order valence-corrected chi connectivity index (χ4v) is 2.03. The van der Waals surface area contributed by atoms with Crippen molar-refractivity contribution in [3.05, 3.63) is 29.8 Å². The second-order valence-corrected chi connectivity index (χ2v) is 4.85. The van der Waals surface area contributed by atoms with Crippen molar-refractivity contribution in [1.82, 2.24) is 10.6 Å². The maximum Gasteiger partial charge on any atom is 0.191 e. The minimum Gasteiger partial charge on any atom is -0.496 e. The highest BCUT2D eigenvalue weighted by molar-refractivity contribution is 5.79. The van der Waals surface area contributed by atoms with E-state index >= 15 is 0 Å². The summed E-state index contributed by atoms with van der Waals surface area (Å²) in [7, 11) is 3.36. The summed E-state index contributed by atoms with van der Waals surface area (Å²) in [5, 5.41) is 6.55. The lowest BCUT2D eigenvalue weighted by molar-refractivity contribution is 0.0748. The number of para-hydroxylation sites is 1. The van der Waals surface area contributed by atoms with E-state index in [2.05, 4.69) is 21.7 Å². The molecule has 130 valence electrons. The zero-order valence-electron chi connectivity index (χ0n) is 14.4. The number of rotatable bonds is 11. The van der Waals surface area contributed by atoms with Gasteiger partial charge in [-0.25, -0.2) is 0 Å². The van der Waals surface area contributed by atoms with Crippen LogP contribution in [0.2, 0.25) is 0 Å². The van der Waals surface area contributed by atoms with Gasteiger partial charge in [0, 0.05) is 20.2 Å². The van der Waals surface area contributed by atoms with Crippen molar-refractivity contribution in [2.45, 2.75) is 13.3 Å². The van der Waals surface area contributed by atoms with Crippen molar-refractivity contribution in [2.75, 3.05) is 53.7 Å². The molecule has 0 amide bonds. The van der Waals surface area contributed by atoms with Crippen molar-refractivity contribution in [3.8, 4) is 5.75 Å². The lowest BCUT2D eigenvalue weighted by atomic mass is 10.1. The molecule has 0 unspecified atom stereocenters. The molecule has 0 fully saturated rings. The van der Waals surface area contributed by atoms with Crippen LogP contribution < -0.4 is 15.4 Å². The Balaban J connectivity index is 2.34. The zero-order valence-corrected chi connectivity index (χ0v) is 14.4. The van der Waals surface area contributed by atoms with Crippen LogP contribution in [0.25, 0.3) is 0 Å². The minimum absolute atomic E-state index is 0.590. The van der Waals surface area contributed by atoms with Crippen LogP contribution in [0.1, 0.15) is 12.5 Å². The molecule has 0 spiro atoms. The van der Waals surface area contributed by atoms with E-state index < -0.39 is 0 Å². The van der Waals surface area contributed by atoms with Gasteiger partial charge in [0.1, 0.15) is 5.75 Å². The average molecular weight is 323 g/mol. The Labute approximate surface area is 139 Å². The van der Waals surface area contributed by atoms with E-state index in [1.165, 1.54) is 5.56 Å². The third kappa shape index (κ3) is 8.42. The monoisotopic (exact) mass is 323 g/mol. The maximum absolute atomic E-state index is 5.40. The number of nitrogens with zero attached hydrogens (tertiary/aromatic N) is 1. The van der Waals surface area contributed by atoms with Gasteiger partial charge in [0.15, 0.2) is 5.96 Å². The summed E-state index contributed by atoms with van der Waals surface area (Å²) in [6.45, 7) is 6.08. The Kier molecular flexibility index (Phi) is 10.7. The van der Waals surface area contributed by atoms with Crippen molar-refractivity contribution >= 4 is 5.96 Å². The summed E-state index contributed by atoms with van der Waals surface area (Å²) in [5.74, 6) is 1.72. The number of nitrogens with one attached hydrogen (secondary N) is 2. The fourth-order valence-electron chi connectivity index (χ4n) is 2.03. The van der Waals surface area contributed by atoms with E-state index in [1.807, 2.05) is 25.1 Å². The van der Waals surface area contributed by atoms with Crippen LogP contribution in [-0.4, -0.2) is 59.6 Å². The molecule has 0 saturated heterocycles. The van der Waals surface area contributed by atoms with Crippen LogP contribution >= 0.6 is 0 Å². The van der Waals surface area contributed by atoms with E-state index in [0.717, 1.165) is 31.2 Å². The van der Waals surface area contributed by atoms with Crippen molar-refractivity contribution < 1.29 is 14.2 Å². The minimum atomic E-state index is 0.590. The number of methoxy groups -OCH3 is 2. The number of guanidine groups is 1. The van der Waals surface area contributed by atoms with Gasteiger partial charge in [0.2, 0.25) is 0 Å². The lowest BCUT2D eigenvalue weighted by Gasteiger charge is -2.12. The van der Waals surface area contributed by atoms with Crippen LogP contribution in [0.5, 0.6) is 5.75 Å². The maximum atomic E-state index is 5.40. The summed E-state index contributed by atoms with van der Waals surface area (Å²) in [4.78, 5) is 4.48. The van der Waals surface area contributed by atoms with Crippen molar-refractivity contribution in [2.24, 2.45) is 4.99 Å². The quantitative estimate of drug-likeness (QED) is 0.367. The summed E-state index contributed by atoms with van der Waals surface area (Å²) < 4.78 is 15.7. The van der Waals surface area contributed by atoms with Gasteiger partial charge in [-0.1, -0.05) is 18.2 Å². The van der Waals surface area contributed by atoms with Gasteiger partial charge >= 0.3 is 0 Å². The molecule has 0 atom stereocenters. The van der Waals surface area contributed by atoms with Crippen LogP contribution in [0.4, 0.5) is 0 Å². The Bertz CT molecular complexity index is 452. The van der Waals surface area contributed by atoms with Gasteiger partial charge in [0.25, 0.3) is 0 Å². The van der Waals surface area contributed by atoms with Gasteiger partial charge in [-0.2, -0.15) is 0 Å². The summed E-state index contributed by atoms with van der Waals surface area (Å²) in [6, 6.07) is 8.06. The van der Waals surface area contributed by atoms with Crippen LogP contribution in [-0.2, 0) is 15.9 Å². The van der Waals surface area contributed by atoms with Gasteiger partial charge in [-0.3, -0.25) is 4.99 Å². The van der Waals surface area contributed by atoms with Crippen LogP contribution in [0.3, 0.4) is 0 Å². The Morgan fingerprint density at radius 2 is 1.91 bits per heavy atom. The van der Waals surface area contributed by atoms with Crippen molar-refractivity contribution in [3.63, 3.8) is 0 Å². The number of benzene rings is 1. The molecule has 23 heavy (non-hydrogen) atoms. The average Bonchev–Trinajstić information content (AvgIpc) is 2.58.